The number of aliphatic imine (C=N–C) groups is 1. The minimum Gasteiger partial charge on any atom is -0.467 e. The summed E-state index contributed by atoms with van der Waals surface area (Å²) < 4.78 is 5.21. The van der Waals surface area contributed by atoms with Crippen molar-refractivity contribution >= 4 is 35.8 Å². The number of halogens is 1. The number of carbonyl (C=O) groups excluding carboxylic acids is 1. The fourth-order valence-corrected chi connectivity index (χ4v) is 3.45. The van der Waals surface area contributed by atoms with E-state index in [4.69, 9.17) is 4.42 Å². The zero-order valence-corrected chi connectivity index (χ0v) is 18.6. The molecule has 2 heterocycles. The van der Waals surface area contributed by atoms with Crippen LogP contribution < -0.4 is 10.6 Å². The van der Waals surface area contributed by atoms with Gasteiger partial charge in [-0.05, 0) is 42.9 Å². The number of rotatable bonds is 6. The molecule has 0 aliphatic carbocycles. The highest BCUT2D eigenvalue weighted by Crippen LogP contribution is 2.21. The second-order valence-electron chi connectivity index (χ2n) is 6.88. The summed E-state index contributed by atoms with van der Waals surface area (Å²) in [5, 5.41) is 6.00. The fourth-order valence-electron chi connectivity index (χ4n) is 3.45. The number of amides is 1. The van der Waals surface area contributed by atoms with Crippen molar-refractivity contribution in [3.63, 3.8) is 0 Å². The zero-order chi connectivity index (χ0) is 18.9. The van der Waals surface area contributed by atoms with E-state index in [0.717, 1.165) is 44.1 Å². The van der Waals surface area contributed by atoms with Gasteiger partial charge in [-0.1, -0.05) is 30.3 Å². The van der Waals surface area contributed by atoms with Crippen molar-refractivity contribution in [2.75, 3.05) is 26.7 Å². The van der Waals surface area contributed by atoms with Crippen LogP contribution in [0.4, 0.5) is 0 Å². The molecular weight excluding hydrogens is 467 g/mol. The van der Waals surface area contributed by atoms with Crippen LogP contribution in [0.2, 0.25) is 0 Å². The number of likely N-dealkylation sites (tertiary alicyclic amines) is 1. The van der Waals surface area contributed by atoms with Crippen LogP contribution in [0.25, 0.3) is 0 Å². The fraction of sp³-hybridized carbons (Fsp3) is 0.429. The van der Waals surface area contributed by atoms with Crippen LogP contribution in [-0.2, 0) is 17.8 Å². The third-order valence-electron chi connectivity index (χ3n) is 4.94. The molecule has 1 aromatic carbocycles. The van der Waals surface area contributed by atoms with E-state index in [-0.39, 0.29) is 36.4 Å². The molecule has 2 aromatic rings. The van der Waals surface area contributed by atoms with Crippen LogP contribution in [0.15, 0.2) is 58.1 Å². The average Bonchev–Trinajstić information content (AvgIpc) is 3.22. The Balaban J connectivity index is 0.00000280. The maximum Gasteiger partial charge on any atom is 0.239 e. The summed E-state index contributed by atoms with van der Waals surface area (Å²) in [5.74, 6) is 2.17. The molecule has 0 atom stereocenters. The number of carbonyl (C=O) groups is 1. The lowest BCUT2D eigenvalue weighted by atomic mass is 9.90. The van der Waals surface area contributed by atoms with Crippen LogP contribution in [0.5, 0.6) is 0 Å². The van der Waals surface area contributed by atoms with Gasteiger partial charge < -0.3 is 20.0 Å². The summed E-state index contributed by atoms with van der Waals surface area (Å²) in [6.45, 7) is 2.53. The highest BCUT2D eigenvalue weighted by molar-refractivity contribution is 14.0. The molecule has 1 aromatic heterocycles. The number of hydrogen-bond acceptors (Lipinski definition) is 3. The smallest absolute Gasteiger partial charge is 0.239 e. The van der Waals surface area contributed by atoms with E-state index in [1.807, 2.05) is 12.1 Å². The van der Waals surface area contributed by atoms with Gasteiger partial charge in [0.2, 0.25) is 5.91 Å². The zero-order valence-electron chi connectivity index (χ0n) is 16.3. The first-order valence-corrected chi connectivity index (χ1v) is 9.53. The Hall–Kier alpha value is -2.03. The molecule has 2 N–H and O–H groups in total. The second kappa shape index (κ2) is 11.7. The number of nitrogens with one attached hydrogen (secondary N) is 2. The Morgan fingerprint density at radius 3 is 2.54 bits per heavy atom. The molecule has 1 fully saturated rings. The minimum atomic E-state index is -0.0773. The Labute approximate surface area is 183 Å². The van der Waals surface area contributed by atoms with E-state index in [2.05, 4.69) is 50.9 Å². The maximum absolute atomic E-state index is 12.0. The number of nitrogens with zero attached hydrogens (tertiary/aromatic N) is 2. The van der Waals surface area contributed by atoms with Gasteiger partial charge in [-0.25, -0.2) is 0 Å². The largest absolute Gasteiger partial charge is 0.467 e. The summed E-state index contributed by atoms with van der Waals surface area (Å²) >= 11 is 0. The molecule has 1 saturated heterocycles. The first kappa shape index (κ1) is 22.3. The van der Waals surface area contributed by atoms with Gasteiger partial charge in [0.15, 0.2) is 5.96 Å². The molecule has 6 nitrogen and oxygen atoms in total. The van der Waals surface area contributed by atoms with Crippen LogP contribution in [0.1, 0.15) is 24.2 Å². The minimum absolute atomic E-state index is 0. The number of guanidine groups is 1. The van der Waals surface area contributed by atoms with E-state index in [9.17, 15) is 4.79 Å². The van der Waals surface area contributed by atoms with E-state index >= 15 is 0 Å². The number of furan rings is 1. The van der Waals surface area contributed by atoms with Crippen molar-refractivity contribution in [2.24, 2.45) is 10.9 Å². The second-order valence-corrected chi connectivity index (χ2v) is 6.88. The lowest BCUT2D eigenvalue weighted by Gasteiger charge is -2.34. The molecule has 1 aliphatic heterocycles. The Morgan fingerprint density at radius 2 is 1.89 bits per heavy atom. The molecule has 0 bridgehead atoms. The van der Waals surface area contributed by atoms with Crippen LogP contribution in [-0.4, -0.2) is 43.4 Å². The number of hydrogen-bond donors (Lipinski definition) is 2. The topological polar surface area (TPSA) is 69.9 Å². The molecule has 3 rings (SSSR count). The predicted octanol–water partition coefficient (Wildman–Crippen LogP) is 3.04. The van der Waals surface area contributed by atoms with Crippen molar-refractivity contribution in [2.45, 2.75) is 25.8 Å². The van der Waals surface area contributed by atoms with Crippen molar-refractivity contribution < 1.29 is 9.21 Å². The molecule has 152 valence electrons. The lowest BCUT2D eigenvalue weighted by Crippen LogP contribution is -2.48. The van der Waals surface area contributed by atoms with Gasteiger partial charge in [0.05, 0.1) is 19.4 Å². The van der Waals surface area contributed by atoms with Gasteiger partial charge in [0.1, 0.15) is 5.76 Å². The molecule has 1 aliphatic rings. The van der Waals surface area contributed by atoms with Crippen LogP contribution in [0.3, 0.4) is 0 Å². The van der Waals surface area contributed by atoms with Crippen LogP contribution in [0, 0.1) is 5.92 Å². The number of benzene rings is 1. The normalized spacial score (nSPS) is 15.0. The average molecular weight is 496 g/mol. The summed E-state index contributed by atoms with van der Waals surface area (Å²) in [6.07, 6.45) is 5.01. The first-order chi connectivity index (χ1) is 13.2. The Morgan fingerprint density at radius 1 is 1.14 bits per heavy atom. The van der Waals surface area contributed by atoms with Gasteiger partial charge in [-0.15, -0.1) is 24.0 Å². The molecule has 1 amide bonds. The first-order valence-electron chi connectivity index (χ1n) is 9.53. The van der Waals surface area contributed by atoms with Crippen molar-refractivity contribution in [3.05, 3.63) is 60.1 Å². The van der Waals surface area contributed by atoms with Gasteiger partial charge in [-0.3, -0.25) is 9.79 Å². The van der Waals surface area contributed by atoms with Crippen molar-refractivity contribution in [1.82, 2.24) is 15.5 Å². The van der Waals surface area contributed by atoms with E-state index in [0.29, 0.717) is 12.5 Å². The van der Waals surface area contributed by atoms with Gasteiger partial charge >= 0.3 is 0 Å². The van der Waals surface area contributed by atoms with E-state index < -0.39 is 0 Å². The molecule has 0 saturated carbocycles. The standard InChI is InChI=1S/C21H28N4O2.HI/c1-22-21(24-16-20(26)23-15-19-8-5-13-27-19)25-11-9-18(10-12-25)14-17-6-3-2-4-7-17;/h2-8,13,18H,9-12,14-16H2,1H3,(H,22,24)(H,23,26);1H. The maximum atomic E-state index is 12.0. The molecule has 28 heavy (non-hydrogen) atoms. The summed E-state index contributed by atoms with van der Waals surface area (Å²) in [4.78, 5) is 18.6. The number of piperidine rings is 1. The Bertz CT molecular complexity index is 726. The molecule has 0 unspecified atom stereocenters. The summed E-state index contributed by atoms with van der Waals surface area (Å²) in [5.41, 5.74) is 1.41. The highest BCUT2D eigenvalue weighted by Gasteiger charge is 2.22. The van der Waals surface area contributed by atoms with Gasteiger partial charge in [0.25, 0.3) is 0 Å². The summed E-state index contributed by atoms with van der Waals surface area (Å²) in [6, 6.07) is 14.3. The summed E-state index contributed by atoms with van der Waals surface area (Å²) in [7, 11) is 1.76. The molecular formula is C21H29IN4O2. The SMILES string of the molecule is CN=C(NCC(=O)NCc1ccco1)N1CCC(Cc2ccccc2)CC1.I. The third-order valence-corrected chi connectivity index (χ3v) is 4.94. The third kappa shape index (κ3) is 6.85. The molecule has 0 spiro atoms. The van der Waals surface area contributed by atoms with E-state index in [1.54, 1.807) is 13.3 Å². The van der Waals surface area contributed by atoms with Gasteiger partial charge in [0, 0.05) is 20.1 Å². The van der Waals surface area contributed by atoms with Gasteiger partial charge in [-0.2, -0.15) is 0 Å². The lowest BCUT2D eigenvalue weighted by molar-refractivity contribution is -0.120. The molecule has 7 heteroatoms. The monoisotopic (exact) mass is 496 g/mol. The van der Waals surface area contributed by atoms with Crippen molar-refractivity contribution in [1.29, 1.82) is 0 Å². The van der Waals surface area contributed by atoms with Crippen LogP contribution >= 0.6 is 24.0 Å². The highest BCUT2D eigenvalue weighted by atomic mass is 127. The quantitative estimate of drug-likeness (QED) is 0.367. The molecule has 0 radical (unpaired) electrons. The predicted molar refractivity (Wildman–Crippen MR) is 122 cm³/mol. The van der Waals surface area contributed by atoms with E-state index in [1.165, 1.54) is 5.56 Å². The van der Waals surface area contributed by atoms with Crippen molar-refractivity contribution in [3.8, 4) is 0 Å². The Kier molecular flexibility index (Phi) is 9.33.